The van der Waals surface area contributed by atoms with Gasteiger partial charge in [0.25, 0.3) is 0 Å². The molecule has 51 heavy (non-hydrogen) atoms. The first-order valence-corrected chi connectivity index (χ1v) is 16.8. The van der Waals surface area contributed by atoms with Gasteiger partial charge in [-0.3, -0.25) is 0 Å². The van der Waals surface area contributed by atoms with Crippen molar-refractivity contribution in [2.45, 2.75) is 61.1 Å². The molecule has 0 N–H and O–H groups in total. The molecule has 3 nitrogen and oxygen atoms in total. The van der Waals surface area contributed by atoms with Crippen LogP contribution in [0, 0.1) is 29.8 Å². The summed E-state index contributed by atoms with van der Waals surface area (Å²) in [6, 6.07) is 38.9. The van der Waals surface area contributed by atoms with Crippen LogP contribution >= 0.6 is 0 Å². The average molecular weight is 852 g/mol. The van der Waals surface area contributed by atoms with E-state index in [1.54, 1.807) is 36.5 Å². The molecule has 0 atom stereocenters. The van der Waals surface area contributed by atoms with Gasteiger partial charge in [-0.1, -0.05) is 120 Å². The molecule has 0 saturated heterocycles. The van der Waals surface area contributed by atoms with Crippen LogP contribution in [0.15, 0.2) is 120 Å². The maximum atomic E-state index is 8.68. The minimum Gasteiger partial charge on any atom is -0.501 e. The number of rotatable bonds is 4. The Morgan fingerprint density at radius 2 is 1.47 bits per heavy atom. The van der Waals surface area contributed by atoms with Crippen molar-refractivity contribution in [1.82, 2.24) is 9.97 Å². The summed E-state index contributed by atoms with van der Waals surface area (Å²) in [6.07, 6.45) is 0.203. The van der Waals surface area contributed by atoms with Crippen LogP contribution in [0.4, 0.5) is 0 Å². The molecule has 8 rings (SSSR count). The largest absolute Gasteiger partial charge is 0.501 e. The molecular weight excluding hydrogens is 801 g/mol. The van der Waals surface area contributed by atoms with Crippen molar-refractivity contribution in [3.05, 3.63) is 144 Å². The molecular formula is C47H44IrN2O-2. The van der Waals surface area contributed by atoms with E-state index in [0.29, 0.717) is 28.1 Å². The van der Waals surface area contributed by atoms with Gasteiger partial charge in [0.15, 0.2) is 0 Å². The van der Waals surface area contributed by atoms with E-state index in [9.17, 15) is 0 Å². The van der Waals surface area contributed by atoms with Gasteiger partial charge >= 0.3 is 0 Å². The van der Waals surface area contributed by atoms with Crippen LogP contribution in [0.2, 0.25) is 0 Å². The molecule has 5 aromatic carbocycles. The zero-order chi connectivity index (χ0) is 41.1. The number of hydrogen-bond acceptors (Lipinski definition) is 3. The smallest absolute Gasteiger partial charge is 0.121 e. The maximum absolute atomic E-state index is 8.68. The van der Waals surface area contributed by atoms with E-state index in [2.05, 4.69) is 70.6 Å². The molecule has 0 spiro atoms. The summed E-state index contributed by atoms with van der Waals surface area (Å²) in [5, 5.41) is 6.79. The summed E-state index contributed by atoms with van der Waals surface area (Å²) in [5.74, 6) is 0. The second kappa shape index (κ2) is 14.5. The minimum atomic E-state index is -2.14. The van der Waals surface area contributed by atoms with Crippen molar-refractivity contribution < 1.29 is 34.1 Å². The second-order valence-corrected chi connectivity index (χ2v) is 14.7. The summed E-state index contributed by atoms with van der Waals surface area (Å²) >= 11 is 0. The Labute approximate surface area is 325 Å². The minimum absolute atomic E-state index is 0. The van der Waals surface area contributed by atoms with Crippen molar-refractivity contribution in [2.75, 3.05) is 0 Å². The number of hydrogen-bond donors (Lipinski definition) is 0. The van der Waals surface area contributed by atoms with Gasteiger partial charge in [0.05, 0.1) is 5.58 Å². The number of fused-ring (bicyclic) bond motifs is 6. The monoisotopic (exact) mass is 852 g/mol. The Balaban J connectivity index is 0.000000208. The topological polar surface area (TPSA) is 38.9 Å². The van der Waals surface area contributed by atoms with Crippen molar-refractivity contribution in [3.8, 4) is 22.5 Å². The first-order valence-electron chi connectivity index (χ1n) is 20.3. The summed E-state index contributed by atoms with van der Waals surface area (Å²) in [5.41, 5.74) is 4.53. The average Bonchev–Trinajstić information content (AvgIpc) is 3.54. The van der Waals surface area contributed by atoms with Gasteiger partial charge < -0.3 is 14.4 Å². The van der Waals surface area contributed by atoms with E-state index in [-0.39, 0.29) is 25.7 Å². The van der Waals surface area contributed by atoms with E-state index in [4.69, 9.17) is 14.0 Å². The van der Waals surface area contributed by atoms with Gasteiger partial charge in [-0.25, -0.2) is 0 Å². The van der Waals surface area contributed by atoms with Gasteiger partial charge in [0, 0.05) is 47.5 Å². The third-order valence-electron chi connectivity index (χ3n) is 8.20. The van der Waals surface area contributed by atoms with E-state index >= 15 is 0 Å². The van der Waals surface area contributed by atoms with Crippen LogP contribution in [-0.2, 0) is 32.9 Å². The van der Waals surface area contributed by atoms with Crippen molar-refractivity contribution >= 4 is 43.5 Å². The van der Waals surface area contributed by atoms with E-state index in [0.717, 1.165) is 32.9 Å². The molecule has 8 aromatic rings. The molecule has 3 heterocycles. The van der Waals surface area contributed by atoms with Gasteiger partial charge in [0.1, 0.15) is 5.58 Å². The fourth-order valence-corrected chi connectivity index (χ4v) is 6.15. The Morgan fingerprint density at radius 3 is 2.20 bits per heavy atom. The number of nitrogens with zero attached hydrogens (tertiary/aromatic N) is 2. The van der Waals surface area contributed by atoms with Crippen LogP contribution in [0.3, 0.4) is 0 Å². The number of aromatic nitrogens is 2. The molecule has 0 aliphatic carbocycles. The first-order chi connectivity index (χ1) is 26.7. The molecule has 0 bridgehead atoms. The first kappa shape index (κ1) is 28.0. The van der Waals surface area contributed by atoms with Crippen LogP contribution in [-0.4, -0.2) is 9.97 Å². The molecule has 0 fully saturated rings. The van der Waals surface area contributed by atoms with Crippen LogP contribution in [0.5, 0.6) is 0 Å². The Hall–Kier alpha value is -4.63. The molecule has 0 saturated carbocycles. The molecule has 0 aliphatic heterocycles. The molecule has 0 unspecified atom stereocenters. The summed E-state index contributed by atoms with van der Waals surface area (Å²) in [7, 11) is 0. The molecule has 259 valence electrons. The van der Waals surface area contributed by atoms with E-state index < -0.39 is 30.4 Å². The van der Waals surface area contributed by atoms with Crippen LogP contribution in [0.25, 0.3) is 66.0 Å². The predicted octanol–water partition coefficient (Wildman–Crippen LogP) is 12.8. The molecule has 0 amide bonds. The fourth-order valence-electron chi connectivity index (χ4n) is 6.15. The van der Waals surface area contributed by atoms with Crippen LogP contribution < -0.4 is 0 Å². The van der Waals surface area contributed by atoms with Gasteiger partial charge in [-0.2, -0.15) is 0 Å². The van der Waals surface area contributed by atoms with E-state index in [1.165, 1.54) is 28.4 Å². The quantitative estimate of drug-likeness (QED) is 0.131. The Kier molecular flexibility index (Phi) is 7.99. The molecule has 1 radical (unpaired) electrons. The second-order valence-electron chi connectivity index (χ2n) is 14.7. The number of aryl methyl sites for hydroxylation is 1. The standard InChI is InChI=1S/C30H24NO.C17H20N.Ir/c1-30(2,3)18-19-13-14-31-27(15-19)24-10-6-9-23-26-16-21-12-11-20-7-4-5-8-22(20)25(21)17-28(26)32-29(23)24;1-13-5-8-15(9-6-13)16-10-7-14(12-18-16)11-17(2,3)4;/h4-9,11-17H,18H2,1-3H3;5-8,10,12H,11H2,1-4H3;/q2*-1;/i18D2;1D3,11D2;. The molecule has 4 heteroatoms. The SMILES string of the molecule is [2H]C([2H])([2H])c1c[c-]c(-c2ccc(C([2H])([2H])C(C)(C)C)cn2)cc1.[2H]C([2H])(c1ccnc(-c2[c-]ccc3c2oc2cc4c(ccc5ccccc54)cc23)c1)C(C)(C)C.[Ir]. The zero-order valence-electron chi connectivity index (χ0n) is 36.6. The van der Waals surface area contributed by atoms with Gasteiger partial charge in [-0.15, -0.1) is 53.6 Å². The maximum Gasteiger partial charge on any atom is 0.121 e. The predicted molar refractivity (Wildman–Crippen MR) is 210 cm³/mol. The zero-order valence-corrected chi connectivity index (χ0v) is 32.0. The number of pyridine rings is 2. The summed E-state index contributed by atoms with van der Waals surface area (Å²) in [6.45, 7) is 9.14. The number of benzene rings is 5. The van der Waals surface area contributed by atoms with Crippen molar-refractivity contribution in [3.63, 3.8) is 0 Å². The van der Waals surface area contributed by atoms with Crippen molar-refractivity contribution in [1.29, 1.82) is 0 Å². The van der Waals surface area contributed by atoms with Crippen molar-refractivity contribution in [2.24, 2.45) is 10.8 Å². The normalized spacial score (nSPS) is 14.7. The Morgan fingerprint density at radius 1 is 0.686 bits per heavy atom. The van der Waals surface area contributed by atoms with Gasteiger partial charge in [-0.05, 0) is 80.3 Å². The van der Waals surface area contributed by atoms with Crippen LogP contribution in [0.1, 0.15) is 67.8 Å². The summed E-state index contributed by atoms with van der Waals surface area (Å²) in [4.78, 5) is 8.87. The molecule has 0 aliphatic rings. The third-order valence-corrected chi connectivity index (χ3v) is 8.20. The third kappa shape index (κ3) is 8.30. The van der Waals surface area contributed by atoms with E-state index in [1.807, 2.05) is 59.7 Å². The fraction of sp³-hybridized carbons (Fsp3) is 0.234. The molecule has 3 aromatic heterocycles. The Bertz CT molecular complexity index is 2740. The number of furan rings is 1. The van der Waals surface area contributed by atoms with Gasteiger partial charge in [0.2, 0.25) is 0 Å². The summed E-state index contributed by atoms with van der Waals surface area (Å²) < 4.78 is 62.4.